The van der Waals surface area contributed by atoms with Crippen molar-refractivity contribution in [2.45, 2.75) is 19.4 Å². The third-order valence-corrected chi connectivity index (χ3v) is 1.96. The summed E-state index contributed by atoms with van der Waals surface area (Å²) in [6.07, 6.45) is -1.41. The molecule has 0 aliphatic heterocycles. The Hall–Kier alpha value is -1.88. The summed E-state index contributed by atoms with van der Waals surface area (Å²) in [6, 6.07) is 6.71. The van der Waals surface area contributed by atoms with E-state index < -0.39 is 12.1 Å². The zero-order chi connectivity index (χ0) is 12.1. The van der Waals surface area contributed by atoms with Crippen molar-refractivity contribution < 1.29 is 19.8 Å². The van der Waals surface area contributed by atoms with Crippen LogP contribution >= 0.6 is 0 Å². The Labute approximate surface area is 92.7 Å². The molecule has 0 saturated carbocycles. The van der Waals surface area contributed by atoms with E-state index in [0.29, 0.717) is 11.3 Å². The smallest absolute Gasteiger partial charge is 0.332 e. The Balaban J connectivity index is 2.74. The quantitative estimate of drug-likeness (QED) is 0.698. The van der Waals surface area contributed by atoms with E-state index in [1.807, 2.05) is 0 Å². The molecule has 0 aromatic heterocycles. The van der Waals surface area contributed by atoms with Gasteiger partial charge in [-0.2, -0.15) is 0 Å². The van der Waals surface area contributed by atoms with Gasteiger partial charge in [0.1, 0.15) is 0 Å². The fourth-order valence-electron chi connectivity index (χ4n) is 1.29. The summed E-state index contributed by atoms with van der Waals surface area (Å²) >= 11 is 0. The Bertz CT molecular complexity index is 403. The third-order valence-electron chi connectivity index (χ3n) is 1.96. The molecule has 5 heteroatoms. The van der Waals surface area contributed by atoms with Crippen LogP contribution < -0.4 is 5.32 Å². The van der Waals surface area contributed by atoms with E-state index in [1.165, 1.54) is 6.92 Å². The van der Waals surface area contributed by atoms with E-state index in [2.05, 4.69) is 5.32 Å². The number of anilines is 1. The molecule has 0 fully saturated rings. The molecule has 0 saturated heterocycles. The normalized spacial score (nSPS) is 11.9. The van der Waals surface area contributed by atoms with Gasteiger partial charge >= 0.3 is 5.97 Å². The lowest BCUT2D eigenvalue weighted by Gasteiger charge is -2.07. The molecule has 1 amide bonds. The molecule has 5 nitrogen and oxygen atoms in total. The molecule has 0 radical (unpaired) electrons. The second kappa shape index (κ2) is 5.27. The number of rotatable bonds is 4. The molecular formula is C11H13NO4. The maximum atomic E-state index is 10.8. The Morgan fingerprint density at radius 2 is 2.12 bits per heavy atom. The highest BCUT2D eigenvalue weighted by atomic mass is 16.4. The largest absolute Gasteiger partial charge is 0.479 e. The number of aliphatic hydroxyl groups is 1. The summed E-state index contributed by atoms with van der Waals surface area (Å²) in [6.45, 7) is 1.39. The lowest BCUT2D eigenvalue weighted by molar-refractivity contribution is -0.146. The molecule has 0 spiro atoms. The van der Waals surface area contributed by atoms with Gasteiger partial charge in [0, 0.05) is 19.0 Å². The predicted octanol–water partition coefficient (Wildman–Crippen LogP) is 0.633. The highest BCUT2D eigenvalue weighted by Gasteiger charge is 2.13. The number of benzene rings is 1. The molecule has 0 aliphatic rings. The minimum absolute atomic E-state index is 0.0166. The molecule has 0 heterocycles. The van der Waals surface area contributed by atoms with Crippen LogP contribution in [0.25, 0.3) is 0 Å². The molecule has 86 valence electrons. The van der Waals surface area contributed by atoms with Crippen molar-refractivity contribution in [3.05, 3.63) is 29.8 Å². The number of carbonyl (C=O) groups is 2. The van der Waals surface area contributed by atoms with Crippen LogP contribution in [0, 0.1) is 0 Å². The lowest BCUT2D eigenvalue weighted by Crippen LogP contribution is -2.22. The van der Waals surface area contributed by atoms with Gasteiger partial charge < -0.3 is 15.5 Å². The summed E-state index contributed by atoms with van der Waals surface area (Å²) in [7, 11) is 0. The molecule has 16 heavy (non-hydrogen) atoms. The monoisotopic (exact) mass is 223 g/mol. The molecule has 1 aromatic rings. The molecular weight excluding hydrogens is 210 g/mol. The predicted molar refractivity (Wildman–Crippen MR) is 58.1 cm³/mol. The van der Waals surface area contributed by atoms with Gasteiger partial charge in [0.05, 0.1) is 0 Å². The van der Waals surface area contributed by atoms with E-state index in [1.54, 1.807) is 24.3 Å². The number of hydrogen-bond donors (Lipinski definition) is 3. The zero-order valence-electron chi connectivity index (χ0n) is 8.80. The Morgan fingerprint density at radius 3 is 2.69 bits per heavy atom. The van der Waals surface area contributed by atoms with E-state index >= 15 is 0 Å². The molecule has 3 N–H and O–H groups in total. The maximum Gasteiger partial charge on any atom is 0.332 e. The number of nitrogens with one attached hydrogen (secondary N) is 1. The number of amides is 1. The van der Waals surface area contributed by atoms with Gasteiger partial charge in [0.15, 0.2) is 6.10 Å². The van der Waals surface area contributed by atoms with E-state index in [0.717, 1.165) is 0 Å². The maximum absolute atomic E-state index is 10.8. The average Bonchev–Trinajstić information content (AvgIpc) is 2.16. The van der Waals surface area contributed by atoms with Gasteiger partial charge in [-0.1, -0.05) is 12.1 Å². The summed E-state index contributed by atoms with van der Waals surface area (Å²) in [5, 5.41) is 20.3. The van der Waals surface area contributed by atoms with Gasteiger partial charge in [0.2, 0.25) is 5.91 Å². The van der Waals surface area contributed by atoms with Crippen LogP contribution in [-0.4, -0.2) is 28.2 Å². The minimum atomic E-state index is -1.42. The zero-order valence-corrected chi connectivity index (χ0v) is 8.80. The molecule has 1 unspecified atom stereocenters. The molecule has 1 aromatic carbocycles. The Morgan fingerprint density at radius 1 is 1.44 bits per heavy atom. The van der Waals surface area contributed by atoms with Crippen molar-refractivity contribution >= 4 is 17.6 Å². The van der Waals surface area contributed by atoms with Gasteiger partial charge in [-0.15, -0.1) is 0 Å². The van der Waals surface area contributed by atoms with Crippen LogP contribution in [0.15, 0.2) is 24.3 Å². The first-order chi connectivity index (χ1) is 7.49. The number of hydrogen-bond acceptors (Lipinski definition) is 3. The standard InChI is InChI=1S/C11H13NO4/c1-7(13)12-9-4-2-3-8(5-9)6-10(14)11(15)16/h2-5,10,14H,6H2,1H3,(H,12,13)(H,15,16). The molecule has 0 aliphatic carbocycles. The number of aliphatic hydroxyl groups excluding tert-OH is 1. The van der Waals surface area contributed by atoms with Crippen molar-refractivity contribution in [1.29, 1.82) is 0 Å². The van der Waals surface area contributed by atoms with Crippen LogP contribution in [-0.2, 0) is 16.0 Å². The van der Waals surface area contributed by atoms with E-state index in [-0.39, 0.29) is 12.3 Å². The van der Waals surface area contributed by atoms with Crippen molar-refractivity contribution in [3.63, 3.8) is 0 Å². The number of carbonyl (C=O) groups excluding carboxylic acids is 1. The number of carboxylic acids is 1. The van der Waals surface area contributed by atoms with Crippen molar-refractivity contribution in [1.82, 2.24) is 0 Å². The van der Waals surface area contributed by atoms with Gasteiger partial charge in [-0.3, -0.25) is 4.79 Å². The molecule has 1 atom stereocenters. The number of carboxylic acid groups (broad SMARTS) is 1. The van der Waals surface area contributed by atoms with Gasteiger partial charge in [-0.05, 0) is 17.7 Å². The summed E-state index contributed by atoms with van der Waals surface area (Å²) in [5.74, 6) is -1.46. The second-order valence-electron chi connectivity index (χ2n) is 3.44. The van der Waals surface area contributed by atoms with Crippen molar-refractivity contribution in [2.24, 2.45) is 0 Å². The first-order valence-corrected chi connectivity index (χ1v) is 4.76. The first-order valence-electron chi connectivity index (χ1n) is 4.76. The van der Waals surface area contributed by atoms with Crippen molar-refractivity contribution in [2.75, 3.05) is 5.32 Å². The second-order valence-corrected chi connectivity index (χ2v) is 3.44. The highest BCUT2D eigenvalue weighted by Crippen LogP contribution is 2.12. The highest BCUT2D eigenvalue weighted by molar-refractivity contribution is 5.88. The minimum Gasteiger partial charge on any atom is -0.479 e. The van der Waals surface area contributed by atoms with E-state index in [9.17, 15) is 9.59 Å². The van der Waals surface area contributed by atoms with Gasteiger partial charge in [0.25, 0.3) is 0 Å². The summed E-state index contributed by atoms with van der Waals surface area (Å²) < 4.78 is 0. The summed E-state index contributed by atoms with van der Waals surface area (Å²) in [5.41, 5.74) is 1.24. The fraction of sp³-hybridized carbons (Fsp3) is 0.273. The SMILES string of the molecule is CC(=O)Nc1cccc(CC(O)C(=O)O)c1. The lowest BCUT2D eigenvalue weighted by atomic mass is 10.1. The fourth-order valence-corrected chi connectivity index (χ4v) is 1.29. The van der Waals surface area contributed by atoms with Crippen LogP contribution in [0.1, 0.15) is 12.5 Å². The van der Waals surface area contributed by atoms with Crippen LogP contribution in [0.4, 0.5) is 5.69 Å². The van der Waals surface area contributed by atoms with Crippen LogP contribution in [0.3, 0.4) is 0 Å². The summed E-state index contributed by atoms with van der Waals surface area (Å²) in [4.78, 5) is 21.2. The van der Waals surface area contributed by atoms with Gasteiger partial charge in [-0.25, -0.2) is 4.79 Å². The number of aliphatic carboxylic acids is 1. The van der Waals surface area contributed by atoms with Crippen molar-refractivity contribution in [3.8, 4) is 0 Å². The molecule has 0 bridgehead atoms. The van der Waals surface area contributed by atoms with E-state index in [4.69, 9.17) is 10.2 Å². The van der Waals surface area contributed by atoms with Crippen LogP contribution in [0.2, 0.25) is 0 Å². The molecule has 1 rings (SSSR count). The Kier molecular flexibility index (Phi) is 4.02. The third kappa shape index (κ3) is 3.70. The average molecular weight is 223 g/mol. The first kappa shape index (κ1) is 12.2. The van der Waals surface area contributed by atoms with Crippen LogP contribution in [0.5, 0.6) is 0 Å². The topological polar surface area (TPSA) is 86.6 Å².